The number of halogens is 2. The number of nitrogens with two attached hydrogens (primary N) is 2. The fourth-order valence-corrected chi connectivity index (χ4v) is 11.8. The Morgan fingerprint density at radius 3 is 1.47 bits per heavy atom. The van der Waals surface area contributed by atoms with Crippen molar-refractivity contribution in [2.75, 3.05) is 24.2 Å². The summed E-state index contributed by atoms with van der Waals surface area (Å²) in [6.07, 6.45) is 6.92. The Bertz CT molecular complexity index is 2080. The number of rotatable bonds is 14. The zero-order chi connectivity index (χ0) is 37.0. The predicted octanol–water partition coefficient (Wildman–Crippen LogP) is 2.84. The molecule has 0 radical (unpaired) electrons. The van der Waals surface area contributed by atoms with Crippen LogP contribution in [0.2, 0.25) is 0 Å². The van der Waals surface area contributed by atoms with Crippen LogP contribution in [0.25, 0.3) is 22.3 Å². The number of nitrogen functional groups attached to an aromatic ring is 2. The van der Waals surface area contributed by atoms with E-state index in [4.69, 9.17) is 20.9 Å². The van der Waals surface area contributed by atoms with E-state index < -0.39 is 72.8 Å². The monoisotopic (exact) mass is 798 g/mol. The molecule has 51 heavy (non-hydrogen) atoms. The number of fused-ring (bicyclic) bond motifs is 2. The van der Waals surface area contributed by atoms with E-state index >= 15 is 0 Å². The molecular weight excluding hydrogens is 770 g/mol. The average Bonchev–Trinajstić information content (AvgIpc) is 3.84. The third-order valence-electron chi connectivity index (χ3n) is 7.59. The van der Waals surface area contributed by atoms with Crippen LogP contribution < -0.4 is 11.5 Å². The van der Waals surface area contributed by atoms with Gasteiger partial charge in [-0.05, 0) is 0 Å². The van der Waals surface area contributed by atoms with Gasteiger partial charge in [0.1, 0.15) is 36.4 Å². The standard InChI is InChI=1S/C23H28F2N10O12P4/c24-23(25,50(40,41)46-48(36,37)11-44-15-3-1-13(5-15)34-9-32-17-19(26)28-7-30-21(17)34)51(42,43)47-49(38,39)12-45-16-4-2-14(6-16)35-10-33-18-20(27)29-8-31-22(18)35/h1-4,7-10,13-16H,5-6,11-12H2,(H,36,37)(H,38,39)(H,40,41)(H,42,43)(H2,26,28,30)(H2,27,29,31)/t13-,14-,15+,16+/m0/s1. The summed E-state index contributed by atoms with van der Waals surface area (Å²) in [6, 6.07) is -0.898. The Balaban J connectivity index is 1.02. The molecule has 0 saturated heterocycles. The minimum atomic E-state index is -6.90. The second-order valence-corrected chi connectivity index (χ2v) is 19.1. The SMILES string of the molecule is Nc1ncnc2c1ncn2[C@H]1C=C[C@@H](OCP(=O)(O)OP(=O)(O)C(F)(F)P(=O)(O)OP(=O)(O)CO[C@@H]2C=C[C@H](n3cnc4c(N)ncnc43)C2)C1. The highest BCUT2D eigenvalue weighted by atomic mass is 31.3. The number of imidazole rings is 2. The van der Waals surface area contributed by atoms with Gasteiger partial charge in [-0.15, -0.1) is 0 Å². The number of ether oxygens (including phenoxy) is 2. The van der Waals surface area contributed by atoms with Crippen LogP contribution in [0.1, 0.15) is 24.9 Å². The van der Waals surface area contributed by atoms with Crippen LogP contribution in [0, 0.1) is 0 Å². The van der Waals surface area contributed by atoms with Crippen molar-refractivity contribution in [2.24, 2.45) is 0 Å². The first kappa shape index (κ1) is 37.4. The van der Waals surface area contributed by atoms with Gasteiger partial charge in [-0.2, -0.15) is 8.78 Å². The van der Waals surface area contributed by atoms with E-state index in [1.54, 1.807) is 21.3 Å². The molecule has 0 aliphatic heterocycles. The summed E-state index contributed by atoms with van der Waals surface area (Å²) in [4.78, 5) is 64.1. The summed E-state index contributed by atoms with van der Waals surface area (Å²) in [6.45, 7) is 0. The number of anilines is 2. The maximum absolute atomic E-state index is 15.0. The summed E-state index contributed by atoms with van der Waals surface area (Å²) in [5.74, 6) is 0.258. The Kier molecular flexibility index (Phi) is 9.94. The van der Waals surface area contributed by atoms with Crippen LogP contribution in [0.15, 0.2) is 49.6 Å². The van der Waals surface area contributed by atoms with Crippen molar-refractivity contribution in [3.05, 3.63) is 49.6 Å². The summed E-state index contributed by atoms with van der Waals surface area (Å²) in [7, 11) is -24.9. The van der Waals surface area contributed by atoms with E-state index in [1.165, 1.54) is 37.5 Å². The fourth-order valence-electron chi connectivity index (χ4n) is 5.21. The fraction of sp³-hybridized carbons (Fsp3) is 0.391. The molecule has 8 N–H and O–H groups in total. The first-order chi connectivity index (χ1) is 23.8. The quantitative estimate of drug-likeness (QED) is 0.0789. The molecular formula is C23H28F2N10O12P4. The highest BCUT2D eigenvalue weighted by Crippen LogP contribution is 2.81. The smallest absolute Gasteiger partial charge is 0.382 e. The molecule has 0 amide bonds. The molecule has 0 spiro atoms. The maximum atomic E-state index is 15.0. The number of hydrogen-bond acceptors (Lipinski definition) is 16. The van der Waals surface area contributed by atoms with E-state index in [9.17, 15) is 46.6 Å². The molecule has 6 rings (SSSR count). The van der Waals surface area contributed by atoms with Gasteiger partial charge in [-0.1, -0.05) is 24.3 Å². The Morgan fingerprint density at radius 1 is 0.686 bits per heavy atom. The van der Waals surface area contributed by atoms with E-state index in [1.807, 2.05) is 0 Å². The molecule has 4 unspecified atom stereocenters. The first-order valence-corrected chi connectivity index (χ1v) is 21.0. The van der Waals surface area contributed by atoms with E-state index in [0.29, 0.717) is 22.3 Å². The van der Waals surface area contributed by atoms with Crippen molar-refractivity contribution in [3.63, 3.8) is 0 Å². The van der Waals surface area contributed by atoms with Crippen molar-refractivity contribution in [2.45, 2.75) is 42.5 Å². The minimum absolute atomic E-state index is 0.109. The molecule has 28 heteroatoms. The lowest BCUT2D eigenvalue weighted by Gasteiger charge is -2.28. The van der Waals surface area contributed by atoms with E-state index in [0.717, 1.165) is 0 Å². The van der Waals surface area contributed by atoms with Gasteiger partial charge in [0.05, 0.1) is 36.9 Å². The van der Waals surface area contributed by atoms with Crippen molar-refractivity contribution < 1.29 is 64.7 Å². The lowest BCUT2D eigenvalue weighted by Crippen LogP contribution is -2.21. The van der Waals surface area contributed by atoms with Crippen molar-refractivity contribution in [1.82, 2.24) is 39.0 Å². The van der Waals surface area contributed by atoms with Gasteiger partial charge in [0.2, 0.25) is 0 Å². The number of alkyl halides is 2. The summed E-state index contributed by atoms with van der Waals surface area (Å²) < 4.78 is 101. The van der Waals surface area contributed by atoms with Crippen LogP contribution in [0.3, 0.4) is 0 Å². The zero-order valence-corrected chi connectivity index (χ0v) is 29.2. The maximum Gasteiger partial charge on any atom is 0.444 e. The molecule has 0 saturated carbocycles. The number of hydrogen-bond donors (Lipinski definition) is 6. The third kappa shape index (κ3) is 7.59. The lowest BCUT2D eigenvalue weighted by molar-refractivity contribution is 0.0875. The Labute approximate surface area is 284 Å². The van der Waals surface area contributed by atoms with Crippen LogP contribution in [-0.4, -0.2) is 88.9 Å². The number of nitrogens with zero attached hydrogens (tertiary/aromatic N) is 8. The predicted molar refractivity (Wildman–Crippen MR) is 171 cm³/mol. The van der Waals surface area contributed by atoms with Crippen molar-refractivity contribution in [3.8, 4) is 0 Å². The van der Waals surface area contributed by atoms with Gasteiger partial charge in [-0.25, -0.2) is 38.5 Å². The lowest BCUT2D eigenvalue weighted by atomic mass is 10.2. The second-order valence-electron chi connectivity index (χ2n) is 11.2. The topological polar surface area (TPSA) is 325 Å². The van der Waals surface area contributed by atoms with Crippen LogP contribution in [0.4, 0.5) is 20.4 Å². The van der Waals surface area contributed by atoms with Gasteiger partial charge < -0.3 is 49.6 Å². The number of aromatic nitrogens is 8. The highest BCUT2D eigenvalue weighted by molar-refractivity contribution is 7.79. The molecule has 4 heterocycles. The first-order valence-electron chi connectivity index (χ1n) is 14.3. The Hall–Kier alpha value is -3.36. The summed E-state index contributed by atoms with van der Waals surface area (Å²) in [5, 5.41) is -5.87. The minimum Gasteiger partial charge on any atom is -0.382 e. The molecule has 4 aromatic heterocycles. The highest BCUT2D eigenvalue weighted by Gasteiger charge is 2.69. The normalized spacial score (nSPS) is 25.5. The van der Waals surface area contributed by atoms with E-state index in [2.05, 4.69) is 38.5 Å². The average molecular weight is 798 g/mol. The molecule has 8 atom stereocenters. The second kappa shape index (κ2) is 13.6. The largest absolute Gasteiger partial charge is 0.444 e. The molecule has 0 bridgehead atoms. The van der Waals surface area contributed by atoms with Gasteiger partial charge in [0.15, 0.2) is 22.9 Å². The van der Waals surface area contributed by atoms with Crippen LogP contribution in [-0.2, 0) is 36.4 Å². The molecule has 276 valence electrons. The summed E-state index contributed by atoms with van der Waals surface area (Å²) in [5.41, 5.74) is 12.9. The molecule has 0 aromatic carbocycles. The third-order valence-corrected chi connectivity index (χ3v) is 15.2. The zero-order valence-electron chi connectivity index (χ0n) is 25.6. The van der Waals surface area contributed by atoms with Gasteiger partial charge in [-0.3, -0.25) is 18.3 Å². The number of allylic oxidation sites excluding steroid dienone is 2. The molecule has 2 aliphatic rings. The van der Waals surface area contributed by atoms with Crippen molar-refractivity contribution in [1.29, 1.82) is 0 Å². The van der Waals surface area contributed by atoms with Gasteiger partial charge in [0, 0.05) is 12.8 Å². The molecule has 4 aromatic rings. The summed E-state index contributed by atoms with van der Waals surface area (Å²) >= 11 is 0. The van der Waals surface area contributed by atoms with E-state index in [-0.39, 0.29) is 24.5 Å². The molecule has 22 nitrogen and oxygen atoms in total. The van der Waals surface area contributed by atoms with Crippen LogP contribution in [0.5, 0.6) is 0 Å². The van der Waals surface area contributed by atoms with Crippen LogP contribution >= 0.6 is 30.4 Å². The Morgan fingerprint density at radius 2 is 1.08 bits per heavy atom. The van der Waals surface area contributed by atoms with Crippen molar-refractivity contribution >= 4 is 64.3 Å². The molecule has 0 fully saturated rings. The molecule has 2 aliphatic carbocycles. The van der Waals surface area contributed by atoms with Gasteiger partial charge in [0.25, 0.3) is 0 Å². The van der Waals surface area contributed by atoms with Gasteiger partial charge >= 0.3 is 35.8 Å².